The number of allylic oxidation sites excluding steroid dienone is 1. The van der Waals surface area contributed by atoms with E-state index < -0.39 is 0 Å². The van der Waals surface area contributed by atoms with Crippen LogP contribution in [0.25, 0.3) is 0 Å². The number of amides is 1. The van der Waals surface area contributed by atoms with Crippen LogP contribution in [0.2, 0.25) is 0 Å². The average Bonchev–Trinajstić information content (AvgIpc) is 2.59. The first-order chi connectivity index (χ1) is 7.65. The van der Waals surface area contributed by atoms with Gasteiger partial charge in [-0.3, -0.25) is 4.79 Å². The summed E-state index contributed by atoms with van der Waals surface area (Å²) in [5.41, 5.74) is 3.48. The largest absolute Gasteiger partial charge is 0.302 e. The van der Waals surface area contributed by atoms with Gasteiger partial charge >= 0.3 is 0 Å². The van der Waals surface area contributed by atoms with Crippen LogP contribution in [0, 0.1) is 0 Å². The lowest BCUT2D eigenvalue weighted by molar-refractivity contribution is -0.123. The van der Waals surface area contributed by atoms with Crippen molar-refractivity contribution in [3.05, 3.63) is 30.2 Å². The van der Waals surface area contributed by atoms with E-state index in [1.165, 1.54) is 6.08 Å². The molecule has 0 N–H and O–H groups in total. The number of carbonyl (C=O) groups is 2. The van der Waals surface area contributed by atoms with E-state index in [1.807, 2.05) is 0 Å². The molecule has 3 nitrogen and oxygen atoms in total. The maximum atomic E-state index is 11.4. The molecule has 0 aromatic heterocycles. The van der Waals surface area contributed by atoms with Crippen molar-refractivity contribution in [2.24, 2.45) is 0 Å². The van der Waals surface area contributed by atoms with Gasteiger partial charge in [-0.25, -0.2) is 0 Å². The van der Waals surface area contributed by atoms with Crippen molar-refractivity contribution in [3.63, 3.8) is 0 Å². The molecule has 0 saturated heterocycles. The molecule has 0 saturated carbocycles. The Morgan fingerprint density at radius 1 is 1.38 bits per heavy atom. The molecular formula is C13H17NO2. The number of hydrogen-bond donors (Lipinski definition) is 0. The van der Waals surface area contributed by atoms with Gasteiger partial charge < -0.3 is 9.69 Å². The number of unbranched alkanes of at least 4 members (excludes halogenated alkanes) is 2. The smallest absolute Gasteiger partial charge is 0.251 e. The molecule has 0 aromatic carbocycles. The molecule has 16 heavy (non-hydrogen) atoms. The zero-order valence-corrected chi connectivity index (χ0v) is 9.66. The summed E-state index contributed by atoms with van der Waals surface area (Å²) in [6.07, 6.45) is 6.67. The predicted octanol–water partition coefficient (Wildman–Crippen LogP) is 2.20. The molecule has 1 rings (SSSR count). The minimum Gasteiger partial charge on any atom is -0.302 e. The molecule has 0 spiro atoms. The van der Waals surface area contributed by atoms with Crippen molar-refractivity contribution in [2.45, 2.75) is 32.6 Å². The standard InChI is InChI=1S/C13H17NO2/c1-3-12-8-9-13(16)14(12)10-6-4-5-7-11(2)15/h8-9H,1,4-7,10H2,2H3. The van der Waals surface area contributed by atoms with E-state index >= 15 is 0 Å². The van der Waals surface area contributed by atoms with E-state index in [0.29, 0.717) is 13.0 Å². The van der Waals surface area contributed by atoms with E-state index in [4.69, 9.17) is 0 Å². The van der Waals surface area contributed by atoms with E-state index in [1.54, 1.807) is 17.9 Å². The lowest BCUT2D eigenvalue weighted by Crippen LogP contribution is -2.24. The quantitative estimate of drug-likeness (QED) is 0.507. The number of carbonyl (C=O) groups excluding carboxylic acids is 2. The van der Waals surface area contributed by atoms with Crippen molar-refractivity contribution in [1.29, 1.82) is 0 Å². The van der Waals surface area contributed by atoms with Crippen LogP contribution in [0.5, 0.6) is 0 Å². The lowest BCUT2D eigenvalue weighted by Gasteiger charge is -2.16. The van der Waals surface area contributed by atoms with Gasteiger partial charge in [-0.15, -0.1) is 5.73 Å². The second kappa shape index (κ2) is 6.09. The molecule has 0 aliphatic carbocycles. The van der Waals surface area contributed by atoms with E-state index in [2.05, 4.69) is 12.3 Å². The van der Waals surface area contributed by atoms with Gasteiger partial charge in [0.05, 0.1) is 5.70 Å². The topological polar surface area (TPSA) is 37.4 Å². The van der Waals surface area contributed by atoms with Gasteiger partial charge in [-0.05, 0) is 25.8 Å². The molecule has 0 bridgehead atoms. The van der Waals surface area contributed by atoms with Gasteiger partial charge in [0.25, 0.3) is 5.91 Å². The normalized spacial score (nSPS) is 14.4. The summed E-state index contributed by atoms with van der Waals surface area (Å²) in [5, 5.41) is 0. The minimum absolute atomic E-state index is 0.00211. The second-order valence-electron chi connectivity index (χ2n) is 3.90. The maximum absolute atomic E-state index is 11.4. The minimum atomic E-state index is -0.00211. The van der Waals surface area contributed by atoms with Crippen molar-refractivity contribution >= 4 is 11.7 Å². The molecule has 0 atom stereocenters. The van der Waals surface area contributed by atoms with Gasteiger partial charge in [-0.1, -0.05) is 13.0 Å². The third kappa shape index (κ3) is 3.52. The van der Waals surface area contributed by atoms with E-state index in [-0.39, 0.29) is 11.7 Å². The highest BCUT2D eigenvalue weighted by Gasteiger charge is 2.18. The van der Waals surface area contributed by atoms with Crippen LogP contribution < -0.4 is 0 Å². The molecule has 86 valence electrons. The van der Waals surface area contributed by atoms with Crippen LogP contribution in [0.1, 0.15) is 32.6 Å². The summed E-state index contributed by atoms with van der Waals surface area (Å²) < 4.78 is 0. The van der Waals surface area contributed by atoms with Crippen LogP contribution in [0.3, 0.4) is 0 Å². The zero-order chi connectivity index (χ0) is 12.0. The summed E-state index contributed by atoms with van der Waals surface area (Å²) in [4.78, 5) is 23.8. The van der Waals surface area contributed by atoms with Crippen LogP contribution in [0.4, 0.5) is 0 Å². The first kappa shape index (κ1) is 12.5. The number of hydrogen-bond acceptors (Lipinski definition) is 2. The molecule has 0 fully saturated rings. The fraction of sp³-hybridized carbons (Fsp3) is 0.462. The Morgan fingerprint density at radius 2 is 2.12 bits per heavy atom. The molecule has 1 amide bonds. The van der Waals surface area contributed by atoms with Crippen LogP contribution in [-0.4, -0.2) is 23.1 Å². The first-order valence-corrected chi connectivity index (χ1v) is 5.54. The SMILES string of the molecule is C=C=C1C=CC(=O)N1CCCCCC(C)=O. The summed E-state index contributed by atoms with van der Waals surface area (Å²) >= 11 is 0. The molecule has 0 unspecified atom stereocenters. The van der Waals surface area contributed by atoms with Crippen molar-refractivity contribution in [1.82, 2.24) is 4.90 Å². The van der Waals surface area contributed by atoms with Crippen molar-refractivity contribution < 1.29 is 9.59 Å². The Labute approximate surface area is 96.1 Å². The molecule has 1 heterocycles. The lowest BCUT2D eigenvalue weighted by atomic mass is 10.1. The number of Topliss-reactive ketones (excluding diaryl/α,β-unsaturated/α-hetero) is 1. The Bertz CT molecular complexity index is 362. The summed E-state index contributed by atoms with van der Waals surface area (Å²) in [7, 11) is 0. The number of nitrogens with zero attached hydrogens (tertiary/aromatic N) is 1. The Hall–Kier alpha value is -1.60. The van der Waals surface area contributed by atoms with Gasteiger partial charge in [0.1, 0.15) is 5.78 Å². The molecular weight excluding hydrogens is 202 g/mol. The fourth-order valence-corrected chi connectivity index (χ4v) is 1.65. The van der Waals surface area contributed by atoms with Crippen LogP contribution in [0.15, 0.2) is 30.2 Å². The fourth-order valence-electron chi connectivity index (χ4n) is 1.65. The Morgan fingerprint density at radius 3 is 2.75 bits per heavy atom. The number of ketones is 1. The maximum Gasteiger partial charge on any atom is 0.251 e. The van der Waals surface area contributed by atoms with E-state index in [0.717, 1.165) is 25.0 Å². The first-order valence-electron chi connectivity index (χ1n) is 5.54. The Balaban J connectivity index is 2.25. The second-order valence-corrected chi connectivity index (χ2v) is 3.90. The average molecular weight is 219 g/mol. The highest BCUT2D eigenvalue weighted by atomic mass is 16.2. The van der Waals surface area contributed by atoms with Gasteiger partial charge in [0.15, 0.2) is 0 Å². The van der Waals surface area contributed by atoms with Gasteiger partial charge in [0, 0.05) is 19.0 Å². The predicted molar refractivity (Wildman–Crippen MR) is 62.7 cm³/mol. The highest BCUT2D eigenvalue weighted by molar-refractivity contribution is 5.93. The molecule has 1 aliphatic rings. The summed E-state index contributed by atoms with van der Waals surface area (Å²) in [5.74, 6) is 0.225. The van der Waals surface area contributed by atoms with Crippen molar-refractivity contribution in [2.75, 3.05) is 6.54 Å². The Kier molecular flexibility index (Phi) is 4.74. The monoisotopic (exact) mass is 219 g/mol. The van der Waals surface area contributed by atoms with Crippen LogP contribution >= 0.6 is 0 Å². The molecule has 0 radical (unpaired) electrons. The van der Waals surface area contributed by atoms with Crippen LogP contribution in [-0.2, 0) is 9.59 Å². The summed E-state index contributed by atoms with van der Waals surface area (Å²) in [6.45, 7) is 5.83. The van der Waals surface area contributed by atoms with Gasteiger partial charge in [-0.2, -0.15) is 0 Å². The highest BCUT2D eigenvalue weighted by Crippen LogP contribution is 2.15. The molecule has 3 heteroatoms. The molecule has 0 aromatic rings. The third-order valence-electron chi connectivity index (χ3n) is 2.53. The molecule has 1 aliphatic heterocycles. The van der Waals surface area contributed by atoms with Crippen molar-refractivity contribution in [3.8, 4) is 0 Å². The van der Waals surface area contributed by atoms with Gasteiger partial charge in [0.2, 0.25) is 0 Å². The van der Waals surface area contributed by atoms with E-state index in [9.17, 15) is 9.59 Å². The third-order valence-corrected chi connectivity index (χ3v) is 2.53. The number of rotatable bonds is 6. The summed E-state index contributed by atoms with van der Waals surface area (Å²) in [6, 6.07) is 0. The zero-order valence-electron chi connectivity index (χ0n) is 9.66.